The van der Waals surface area contributed by atoms with Crippen molar-refractivity contribution in [2.24, 2.45) is 0 Å². The fraction of sp³-hybridized carbons (Fsp3) is 0.0909. The van der Waals surface area contributed by atoms with Gasteiger partial charge >= 0.3 is 11.9 Å². The molecule has 0 aliphatic rings. The van der Waals surface area contributed by atoms with E-state index in [1.807, 2.05) is 65.6 Å². The average molecular weight is 361 g/mol. The van der Waals surface area contributed by atoms with Gasteiger partial charge in [-0.25, -0.2) is 9.59 Å². The predicted molar refractivity (Wildman–Crippen MR) is 104 cm³/mol. The van der Waals surface area contributed by atoms with Gasteiger partial charge in [0.25, 0.3) is 0 Å². The van der Waals surface area contributed by atoms with Crippen LogP contribution in [-0.4, -0.2) is 23.7 Å². The summed E-state index contributed by atoms with van der Waals surface area (Å²) in [4.78, 5) is 25.9. The van der Waals surface area contributed by atoms with Crippen molar-refractivity contribution in [3.8, 4) is 0 Å². The van der Waals surface area contributed by atoms with Gasteiger partial charge < -0.3 is 14.7 Å². The SMILES string of the molecule is CCOC(=O)c1ccc(C(=O)O)cc1N(c1ccccc1)c1ccccc1. The number of aromatic carboxylic acids is 1. The Kier molecular flexibility index (Phi) is 5.52. The summed E-state index contributed by atoms with van der Waals surface area (Å²) in [6.45, 7) is 1.96. The Morgan fingerprint density at radius 1 is 0.889 bits per heavy atom. The first-order chi connectivity index (χ1) is 13.1. The number of ether oxygens (including phenoxy) is 1. The molecule has 0 saturated heterocycles. The van der Waals surface area contributed by atoms with Gasteiger partial charge in [-0.3, -0.25) is 0 Å². The van der Waals surface area contributed by atoms with Gasteiger partial charge in [-0.15, -0.1) is 0 Å². The van der Waals surface area contributed by atoms with Crippen LogP contribution in [-0.2, 0) is 4.74 Å². The second kappa shape index (κ2) is 8.19. The molecule has 0 atom stereocenters. The number of hydrogen-bond donors (Lipinski definition) is 1. The third-order valence-electron chi connectivity index (χ3n) is 4.01. The van der Waals surface area contributed by atoms with E-state index in [4.69, 9.17) is 4.74 Å². The first kappa shape index (κ1) is 18.2. The number of carboxylic acids is 1. The molecule has 0 heterocycles. The number of para-hydroxylation sites is 2. The van der Waals surface area contributed by atoms with Gasteiger partial charge in [0.05, 0.1) is 23.4 Å². The Morgan fingerprint density at radius 3 is 1.93 bits per heavy atom. The monoisotopic (exact) mass is 361 g/mol. The fourth-order valence-corrected chi connectivity index (χ4v) is 2.81. The van der Waals surface area contributed by atoms with E-state index in [0.717, 1.165) is 11.4 Å². The van der Waals surface area contributed by atoms with Crippen molar-refractivity contribution in [1.29, 1.82) is 0 Å². The van der Waals surface area contributed by atoms with Crippen molar-refractivity contribution in [3.63, 3.8) is 0 Å². The van der Waals surface area contributed by atoms with Crippen molar-refractivity contribution in [1.82, 2.24) is 0 Å². The number of anilines is 3. The Bertz CT molecular complexity index is 900. The van der Waals surface area contributed by atoms with Crippen LogP contribution in [0.25, 0.3) is 0 Å². The quantitative estimate of drug-likeness (QED) is 0.624. The smallest absolute Gasteiger partial charge is 0.340 e. The molecule has 0 saturated carbocycles. The zero-order valence-corrected chi connectivity index (χ0v) is 14.8. The van der Waals surface area contributed by atoms with E-state index >= 15 is 0 Å². The first-order valence-electron chi connectivity index (χ1n) is 8.56. The molecular weight excluding hydrogens is 342 g/mol. The van der Waals surface area contributed by atoms with E-state index in [2.05, 4.69) is 0 Å². The maximum Gasteiger partial charge on any atom is 0.340 e. The molecule has 0 spiro atoms. The number of esters is 1. The van der Waals surface area contributed by atoms with Crippen LogP contribution < -0.4 is 4.90 Å². The van der Waals surface area contributed by atoms with Gasteiger partial charge in [-0.05, 0) is 49.4 Å². The molecule has 0 radical (unpaired) electrons. The zero-order chi connectivity index (χ0) is 19.2. The third kappa shape index (κ3) is 3.98. The molecule has 136 valence electrons. The predicted octanol–water partition coefficient (Wildman–Crippen LogP) is 5.03. The van der Waals surface area contributed by atoms with Crippen LogP contribution in [0.15, 0.2) is 78.9 Å². The van der Waals surface area contributed by atoms with Gasteiger partial charge in [0.15, 0.2) is 0 Å². The molecule has 3 aromatic carbocycles. The zero-order valence-electron chi connectivity index (χ0n) is 14.8. The molecule has 5 nitrogen and oxygen atoms in total. The maximum atomic E-state index is 12.5. The van der Waals surface area contributed by atoms with Gasteiger partial charge in [-0.2, -0.15) is 0 Å². The highest BCUT2D eigenvalue weighted by Crippen LogP contribution is 2.37. The van der Waals surface area contributed by atoms with E-state index in [-0.39, 0.29) is 12.2 Å². The third-order valence-corrected chi connectivity index (χ3v) is 4.01. The number of nitrogens with zero attached hydrogens (tertiary/aromatic N) is 1. The molecule has 1 N–H and O–H groups in total. The van der Waals surface area contributed by atoms with Crippen molar-refractivity contribution < 1.29 is 19.4 Å². The molecule has 3 aromatic rings. The van der Waals surface area contributed by atoms with E-state index < -0.39 is 11.9 Å². The Hall–Kier alpha value is -3.60. The van der Waals surface area contributed by atoms with E-state index in [9.17, 15) is 14.7 Å². The van der Waals surface area contributed by atoms with Gasteiger partial charge in [0, 0.05) is 11.4 Å². The molecule has 0 amide bonds. The summed E-state index contributed by atoms with van der Waals surface area (Å²) in [7, 11) is 0. The number of rotatable bonds is 6. The van der Waals surface area contributed by atoms with Crippen LogP contribution in [0, 0.1) is 0 Å². The summed E-state index contributed by atoms with van der Waals surface area (Å²) in [5, 5.41) is 9.43. The minimum atomic E-state index is -1.06. The summed E-state index contributed by atoms with van der Waals surface area (Å²) < 4.78 is 5.18. The van der Waals surface area contributed by atoms with Crippen molar-refractivity contribution in [3.05, 3.63) is 90.0 Å². The maximum absolute atomic E-state index is 12.5. The molecule has 0 aliphatic carbocycles. The lowest BCUT2D eigenvalue weighted by Gasteiger charge is -2.27. The van der Waals surface area contributed by atoms with Gasteiger partial charge in [-0.1, -0.05) is 36.4 Å². The average Bonchev–Trinajstić information content (AvgIpc) is 2.70. The van der Waals surface area contributed by atoms with Crippen LogP contribution in [0.3, 0.4) is 0 Å². The fourth-order valence-electron chi connectivity index (χ4n) is 2.81. The normalized spacial score (nSPS) is 10.3. The molecule has 0 fully saturated rings. The largest absolute Gasteiger partial charge is 0.478 e. The topological polar surface area (TPSA) is 66.8 Å². The van der Waals surface area contributed by atoms with Crippen molar-refractivity contribution in [2.45, 2.75) is 6.92 Å². The second-order valence-electron chi connectivity index (χ2n) is 5.76. The molecule has 3 rings (SSSR count). The van der Waals surface area contributed by atoms with Crippen LogP contribution >= 0.6 is 0 Å². The standard InChI is InChI=1S/C22H19NO4/c1-2-27-22(26)19-14-13-16(21(24)25)15-20(19)23(17-9-5-3-6-10-17)18-11-7-4-8-12-18/h3-15H,2H2,1H3,(H,24,25). The lowest BCUT2D eigenvalue weighted by Crippen LogP contribution is -2.16. The summed E-state index contributed by atoms with van der Waals surface area (Å²) >= 11 is 0. The number of benzene rings is 3. The summed E-state index contributed by atoms with van der Waals surface area (Å²) in [5.41, 5.74) is 2.45. The van der Waals surface area contributed by atoms with Crippen LogP contribution in [0.1, 0.15) is 27.6 Å². The minimum Gasteiger partial charge on any atom is -0.478 e. The molecule has 0 aromatic heterocycles. The number of carbonyl (C=O) groups is 2. The summed E-state index contributed by atoms with van der Waals surface area (Å²) in [6.07, 6.45) is 0. The van der Waals surface area contributed by atoms with E-state index in [0.29, 0.717) is 11.3 Å². The molecule has 0 unspecified atom stereocenters. The molecule has 0 bridgehead atoms. The number of carboxylic acid groups (broad SMARTS) is 1. The summed E-state index contributed by atoms with van der Waals surface area (Å²) in [6, 6.07) is 23.3. The van der Waals surface area contributed by atoms with Crippen molar-refractivity contribution >= 4 is 29.0 Å². The van der Waals surface area contributed by atoms with Gasteiger partial charge in [0.1, 0.15) is 0 Å². The molecular formula is C22H19NO4. The number of hydrogen-bond acceptors (Lipinski definition) is 4. The molecule has 27 heavy (non-hydrogen) atoms. The Balaban J connectivity index is 2.25. The highest BCUT2D eigenvalue weighted by Gasteiger charge is 2.22. The minimum absolute atomic E-state index is 0.0925. The van der Waals surface area contributed by atoms with Crippen LogP contribution in [0.2, 0.25) is 0 Å². The Labute approximate surface area is 157 Å². The number of carbonyl (C=O) groups excluding carboxylic acids is 1. The highest BCUT2D eigenvalue weighted by atomic mass is 16.5. The van der Waals surface area contributed by atoms with Crippen LogP contribution in [0.5, 0.6) is 0 Å². The first-order valence-corrected chi connectivity index (χ1v) is 8.56. The summed E-state index contributed by atoms with van der Waals surface area (Å²) in [5.74, 6) is -1.56. The highest BCUT2D eigenvalue weighted by molar-refractivity contribution is 6.01. The van der Waals surface area contributed by atoms with E-state index in [1.54, 1.807) is 6.92 Å². The molecule has 0 aliphatic heterocycles. The molecule has 5 heteroatoms. The van der Waals surface area contributed by atoms with Crippen molar-refractivity contribution in [2.75, 3.05) is 11.5 Å². The lowest BCUT2D eigenvalue weighted by molar-refractivity contribution is 0.0526. The van der Waals surface area contributed by atoms with Crippen LogP contribution in [0.4, 0.5) is 17.1 Å². The second-order valence-corrected chi connectivity index (χ2v) is 5.76. The lowest BCUT2D eigenvalue weighted by atomic mass is 10.1. The Morgan fingerprint density at radius 2 is 1.44 bits per heavy atom. The van der Waals surface area contributed by atoms with E-state index in [1.165, 1.54) is 18.2 Å². The van der Waals surface area contributed by atoms with Gasteiger partial charge in [0.2, 0.25) is 0 Å².